The second-order valence-electron chi connectivity index (χ2n) is 3.76. The summed E-state index contributed by atoms with van der Waals surface area (Å²) in [6.07, 6.45) is 2.53. The lowest BCUT2D eigenvalue weighted by molar-refractivity contribution is 0.447. The summed E-state index contributed by atoms with van der Waals surface area (Å²) in [5, 5.41) is 0.703. The SMILES string of the molecule is CS(=O)(=O)c1cccnc1Oc1ccc(Cl)c(Cl)c1. The molecule has 0 spiro atoms. The van der Waals surface area contributed by atoms with E-state index in [9.17, 15) is 8.42 Å². The van der Waals surface area contributed by atoms with Crippen molar-refractivity contribution in [3.8, 4) is 11.6 Å². The van der Waals surface area contributed by atoms with Crippen LogP contribution in [0.2, 0.25) is 10.0 Å². The topological polar surface area (TPSA) is 56.3 Å². The Morgan fingerprint density at radius 2 is 1.89 bits per heavy atom. The third-order valence-corrected chi connectivity index (χ3v) is 4.09. The normalized spacial score (nSPS) is 11.3. The summed E-state index contributed by atoms with van der Waals surface area (Å²) < 4.78 is 28.6. The molecule has 7 heteroatoms. The third kappa shape index (κ3) is 3.37. The summed E-state index contributed by atoms with van der Waals surface area (Å²) in [4.78, 5) is 3.93. The van der Waals surface area contributed by atoms with E-state index in [4.69, 9.17) is 27.9 Å². The lowest BCUT2D eigenvalue weighted by Crippen LogP contribution is -2.01. The van der Waals surface area contributed by atoms with Crippen LogP contribution in [0.1, 0.15) is 0 Å². The molecule has 0 aliphatic heterocycles. The summed E-state index contributed by atoms with van der Waals surface area (Å²) >= 11 is 11.6. The molecule has 0 fully saturated rings. The number of sulfone groups is 1. The van der Waals surface area contributed by atoms with E-state index in [-0.39, 0.29) is 10.8 Å². The Labute approximate surface area is 120 Å². The zero-order valence-corrected chi connectivity index (χ0v) is 12.1. The molecule has 0 radical (unpaired) electrons. The first-order valence-electron chi connectivity index (χ1n) is 5.16. The predicted octanol–water partition coefficient (Wildman–Crippen LogP) is 3.58. The Bertz CT molecular complexity index is 717. The summed E-state index contributed by atoms with van der Waals surface area (Å²) in [7, 11) is -3.42. The summed E-state index contributed by atoms with van der Waals surface area (Å²) in [6.45, 7) is 0. The highest BCUT2D eigenvalue weighted by molar-refractivity contribution is 7.90. The van der Waals surface area contributed by atoms with Crippen LogP contribution in [0, 0.1) is 0 Å². The highest BCUT2D eigenvalue weighted by atomic mass is 35.5. The van der Waals surface area contributed by atoms with Gasteiger partial charge in [0.15, 0.2) is 9.84 Å². The molecular formula is C12H9Cl2NO3S. The molecule has 0 N–H and O–H groups in total. The van der Waals surface area contributed by atoms with Crippen molar-refractivity contribution in [1.82, 2.24) is 4.98 Å². The molecule has 0 aliphatic carbocycles. The fraction of sp³-hybridized carbons (Fsp3) is 0.0833. The molecule has 1 aromatic heterocycles. The van der Waals surface area contributed by atoms with Crippen LogP contribution in [0.15, 0.2) is 41.4 Å². The first-order valence-corrected chi connectivity index (χ1v) is 7.80. The molecule has 19 heavy (non-hydrogen) atoms. The van der Waals surface area contributed by atoms with Crippen molar-refractivity contribution in [3.05, 3.63) is 46.6 Å². The Kier molecular flexibility index (Phi) is 3.99. The van der Waals surface area contributed by atoms with Crippen LogP contribution in [0.5, 0.6) is 11.6 Å². The maximum atomic E-state index is 11.6. The van der Waals surface area contributed by atoms with Crippen LogP contribution in [0.25, 0.3) is 0 Å². The van der Waals surface area contributed by atoms with Gasteiger partial charge in [0.1, 0.15) is 10.6 Å². The largest absolute Gasteiger partial charge is 0.438 e. The monoisotopic (exact) mass is 317 g/mol. The van der Waals surface area contributed by atoms with Gasteiger partial charge in [0.05, 0.1) is 10.0 Å². The fourth-order valence-electron chi connectivity index (χ4n) is 1.39. The highest BCUT2D eigenvalue weighted by Crippen LogP contribution is 2.31. The van der Waals surface area contributed by atoms with Crippen molar-refractivity contribution in [3.63, 3.8) is 0 Å². The molecule has 0 aliphatic rings. The fourth-order valence-corrected chi connectivity index (χ4v) is 2.41. The smallest absolute Gasteiger partial charge is 0.238 e. The van der Waals surface area contributed by atoms with Crippen molar-refractivity contribution in [2.24, 2.45) is 0 Å². The number of hydrogen-bond acceptors (Lipinski definition) is 4. The Morgan fingerprint density at radius 1 is 1.16 bits per heavy atom. The number of hydrogen-bond donors (Lipinski definition) is 0. The van der Waals surface area contributed by atoms with Gasteiger partial charge < -0.3 is 4.74 Å². The van der Waals surface area contributed by atoms with E-state index in [1.54, 1.807) is 12.1 Å². The van der Waals surface area contributed by atoms with Crippen molar-refractivity contribution in [2.45, 2.75) is 4.90 Å². The van der Waals surface area contributed by atoms with E-state index in [1.165, 1.54) is 24.4 Å². The summed E-state index contributed by atoms with van der Waals surface area (Å²) in [6, 6.07) is 7.58. The van der Waals surface area contributed by atoms with Gasteiger partial charge in [-0.15, -0.1) is 0 Å². The molecule has 0 bridgehead atoms. The molecule has 0 amide bonds. The minimum absolute atomic E-state index is 0.00314. The molecule has 0 saturated carbocycles. The molecule has 1 heterocycles. The van der Waals surface area contributed by atoms with Crippen LogP contribution >= 0.6 is 23.2 Å². The van der Waals surface area contributed by atoms with Gasteiger partial charge in [-0.25, -0.2) is 13.4 Å². The van der Waals surface area contributed by atoms with Crippen molar-refractivity contribution >= 4 is 33.0 Å². The molecule has 0 atom stereocenters. The molecule has 0 unspecified atom stereocenters. The van der Waals surface area contributed by atoms with Gasteiger partial charge in [0.2, 0.25) is 5.88 Å². The second-order valence-corrected chi connectivity index (χ2v) is 6.56. The van der Waals surface area contributed by atoms with E-state index < -0.39 is 9.84 Å². The lowest BCUT2D eigenvalue weighted by atomic mass is 10.3. The van der Waals surface area contributed by atoms with E-state index in [2.05, 4.69) is 4.98 Å². The maximum Gasteiger partial charge on any atom is 0.238 e. The predicted molar refractivity (Wildman–Crippen MR) is 73.9 cm³/mol. The molecule has 1 aromatic carbocycles. The van der Waals surface area contributed by atoms with Gasteiger partial charge in [-0.1, -0.05) is 23.2 Å². The summed E-state index contributed by atoms with van der Waals surface area (Å²) in [5.74, 6) is 0.362. The van der Waals surface area contributed by atoms with Gasteiger partial charge in [0, 0.05) is 18.5 Å². The van der Waals surface area contributed by atoms with Gasteiger partial charge in [-0.3, -0.25) is 0 Å². The number of nitrogens with zero attached hydrogens (tertiary/aromatic N) is 1. The Balaban J connectivity index is 2.41. The minimum Gasteiger partial charge on any atom is -0.438 e. The van der Waals surface area contributed by atoms with Crippen LogP contribution in [0.4, 0.5) is 0 Å². The Morgan fingerprint density at radius 3 is 2.53 bits per heavy atom. The first-order chi connectivity index (χ1) is 8.88. The van der Waals surface area contributed by atoms with E-state index in [0.29, 0.717) is 15.8 Å². The molecule has 4 nitrogen and oxygen atoms in total. The lowest BCUT2D eigenvalue weighted by Gasteiger charge is -2.09. The number of ether oxygens (including phenoxy) is 1. The van der Waals surface area contributed by atoms with Crippen molar-refractivity contribution < 1.29 is 13.2 Å². The second kappa shape index (κ2) is 5.36. The van der Waals surface area contributed by atoms with Gasteiger partial charge >= 0.3 is 0 Å². The van der Waals surface area contributed by atoms with Gasteiger partial charge in [-0.05, 0) is 24.3 Å². The number of pyridine rings is 1. The van der Waals surface area contributed by atoms with Crippen LogP contribution in [0.3, 0.4) is 0 Å². The number of aromatic nitrogens is 1. The van der Waals surface area contributed by atoms with E-state index >= 15 is 0 Å². The van der Waals surface area contributed by atoms with Gasteiger partial charge in [0.25, 0.3) is 0 Å². The van der Waals surface area contributed by atoms with E-state index in [1.807, 2.05) is 0 Å². The minimum atomic E-state index is -3.42. The van der Waals surface area contributed by atoms with E-state index in [0.717, 1.165) is 6.26 Å². The molecule has 0 saturated heterocycles. The standard InChI is InChI=1S/C12H9Cl2NO3S/c1-19(16,17)11-3-2-6-15-12(11)18-8-4-5-9(13)10(14)7-8/h2-7H,1H3. The van der Waals surface area contributed by atoms with Crippen LogP contribution in [-0.2, 0) is 9.84 Å². The highest BCUT2D eigenvalue weighted by Gasteiger charge is 2.16. The first kappa shape index (κ1) is 14.1. The Hall–Kier alpha value is -1.30. The summed E-state index contributed by atoms with van der Waals surface area (Å²) in [5.41, 5.74) is 0. The molecular weight excluding hydrogens is 309 g/mol. The maximum absolute atomic E-state index is 11.6. The van der Waals surface area contributed by atoms with Crippen molar-refractivity contribution in [1.29, 1.82) is 0 Å². The third-order valence-electron chi connectivity index (χ3n) is 2.24. The van der Waals surface area contributed by atoms with Crippen LogP contribution < -0.4 is 4.74 Å². The zero-order chi connectivity index (χ0) is 14.0. The van der Waals surface area contributed by atoms with Gasteiger partial charge in [-0.2, -0.15) is 0 Å². The average molecular weight is 318 g/mol. The molecule has 2 aromatic rings. The zero-order valence-electron chi connectivity index (χ0n) is 9.80. The average Bonchev–Trinajstić information content (AvgIpc) is 2.33. The van der Waals surface area contributed by atoms with Crippen LogP contribution in [-0.4, -0.2) is 19.7 Å². The number of halogens is 2. The molecule has 100 valence electrons. The quantitative estimate of drug-likeness (QED) is 0.868. The number of rotatable bonds is 3. The molecule has 2 rings (SSSR count). The number of benzene rings is 1. The van der Waals surface area contributed by atoms with Crippen molar-refractivity contribution in [2.75, 3.05) is 6.26 Å².